The molecule has 7 heteroatoms. The number of nitrogens with zero attached hydrogens (tertiary/aromatic N) is 3. The maximum atomic E-state index is 13.1. The van der Waals surface area contributed by atoms with Gasteiger partial charge in [0.25, 0.3) is 11.5 Å². The van der Waals surface area contributed by atoms with Crippen molar-refractivity contribution in [2.24, 2.45) is 0 Å². The molecule has 0 bridgehead atoms. The van der Waals surface area contributed by atoms with Crippen molar-refractivity contribution >= 4 is 5.91 Å². The van der Waals surface area contributed by atoms with Gasteiger partial charge in [-0.05, 0) is 63.5 Å². The van der Waals surface area contributed by atoms with Gasteiger partial charge in [0.15, 0.2) is 5.82 Å². The van der Waals surface area contributed by atoms with Crippen LogP contribution in [0.25, 0.3) is 0 Å². The predicted molar refractivity (Wildman–Crippen MR) is 90.4 cm³/mol. The molecule has 4 rings (SSSR count). The minimum Gasteiger partial charge on any atom is -0.337 e. The third-order valence-electron chi connectivity index (χ3n) is 5.16. The summed E-state index contributed by atoms with van der Waals surface area (Å²) in [5.74, 6) is 0.773. The molecule has 1 amide bonds. The van der Waals surface area contributed by atoms with Crippen LogP contribution in [0, 0.1) is 6.92 Å². The van der Waals surface area contributed by atoms with E-state index < -0.39 is 0 Å². The fraction of sp³-hybridized carbons (Fsp3) is 0.556. The number of aryl methyl sites for hydroxylation is 3. The number of aromatic amines is 1. The minimum atomic E-state index is -0.295. The lowest BCUT2D eigenvalue weighted by Gasteiger charge is -2.33. The van der Waals surface area contributed by atoms with Gasteiger partial charge in [0.05, 0.1) is 0 Å². The molecule has 2 aromatic heterocycles. The second-order valence-corrected chi connectivity index (χ2v) is 6.91. The van der Waals surface area contributed by atoms with Crippen molar-refractivity contribution < 1.29 is 9.32 Å². The zero-order valence-corrected chi connectivity index (χ0v) is 14.4. The Hall–Kier alpha value is -2.44. The normalized spacial score (nSPS) is 20.4. The van der Waals surface area contributed by atoms with Crippen molar-refractivity contribution in [2.75, 3.05) is 6.54 Å². The van der Waals surface area contributed by atoms with Gasteiger partial charge in [-0.15, -0.1) is 0 Å². The molecule has 7 nitrogen and oxygen atoms in total. The molecule has 0 aromatic carbocycles. The van der Waals surface area contributed by atoms with Gasteiger partial charge in [-0.1, -0.05) is 5.16 Å². The van der Waals surface area contributed by atoms with Gasteiger partial charge in [-0.3, -0.25) is 9.59 Å². The molecule has 1 atom stereocenters. The van der Waals surface area contributed by atoms with E-state index >= 15 is 0 Å². The number of carbonyl (C=O) groups is 1. The van der Waals surface area contributed by atoms with Crippen LogP contribution in [0.5, 0.6) is 0 Å². The highest BCUT2D eigenvalue weighted by Gasteiger charge is 2.33. The molecule has 3 heterocycles. The number of hydrogen-bond donors (Lipinski definition) is 1. The first-order valence-electron chi connectivity index (χ1n) is 9.00. The molecule has 0 unspecified atom stereocenters. The summed E-state index contributed by atoms with van der Waals surface area (Å²) in [5, 5.41) is 3.84. The topological polar surface area (TPSA) is 92.1 Å². The lowest BCUT2D eigenvalue weighted by molar-refractivity contribution is 0.0559. The first-order valence-corrected chi connectivity index (χ1v) is 9.00. The monoisotopic (exact) mass is 342 g/mol. The number of likely N-dealkylation sites (tertiary alicyclic amines) is 1. The van der Waals surface area contributed by atoms with Gasteiger partial charge in [-0.25, -0.2) is 0 Å². The molecular weight excluding hydrogens is 320 g/mol. The first kappa shape index (κ1) is 16.1. The average Bonchev–Trinajstić information content (AvgIpc) is 3.07. The minimum absolute atomic E-state index is 0.226. The average molecular weight is 342 g/mol. The van der Waals surface area contributed by atoms with Crippen LogP contribution in [0.4, 0.5) is 0 Å². The Morgan fingerprint density at radius 2 is 2.12 bits per heavy atom. The summed E-state index contributed by atoms with van der Waals surface area (Å²) in [6.07, 6.45) is 6.66. The predicted octanol–water partition coefficient (Wildman–Crippen LogP) is 2.31. The van der Waals surface area contributed by atoms with Gasteiger partial charge in [0.2, 0.25) is 5.89 Å². The molecule has 0 saturated carbocycles. The number of H-pyrrole nitrogens is 1. The largest absolute Gasteiger partial charge is 0.337 e. The first-order chi connectivity index (χ1) is 12.1. The summed E-state index contributed by atoms with van der Waals surface area (Å²) in [6, 6.07) is 1.54. The number of nitrogens with one attached hydrogen (secondary N) is 1. The van der Waals surface area contributed by atoms with Crippen molar-refractivity contribution in [1.29, 1.82) is 0 Å². The van der Waals surface area contributed by atoms with Gasteiger partial charge in [0.1, 0.15) is 11.6 Å². The summed E-state index contributed by atoms with van der Waals surface area (Å²) in [4.78, 5) is 34.5. The van der Waals surface area contributed by atoms with E-state index in [0.29, 0.717) is 18.3 Å². The summed E-state index contributed by atoms with van der Waals surface area (Å²) in [7, 11) is 0. The lowest BCUT2D eigenvalue weighted by Crippen LogP contribution is -2.41. The van der Waals surface area contributed by atoms with Crippen LogP contribution in [0.1, 0.15) is 71.5 Å². The number of aromatic nitrogens is 3. The Balaban J connectivity index is 1.68. The van der Waals surface area contributed by atoms with E-state index in [1.165, 1.54) is 0 Å². The third kappa shape index (κ3) is 2.99. The van der Waals surface area contributed by atoms with Crippen LogP contribution < -0.4 is 5.56 Å². The van der Waals surface area contributed by atoms with Crippen LogP contribution in [0.15, 0.2) is 15.4 Å². The molecule has 1 N–H and O–H groups in total. The Morgan fingerprint density at radius 3 is 2.92 bits per heavy atom. The van der Waals surface area contributed by atoms with Crippen LogP contribution in [-0.2, 0) is 12.8 Å². The van der Waals surface area contributed by atoms with Gasteiger partial charge >= 0.3 is 0 Å². The van der Waals surface area contributed by atoms with E-state index in [1.54, 1.807) is 17.9 Å². The molecule has 132 valence electrons. The van der Waals surface area contributed by atoms with Crippen molar-refractivity contribution in [3.8, 4) is 0 Å². The molecule has 0 spiro atoms. The molecule has 25 heavy (non-hydrogen) atoms. The maximum Gasteiger partial charge on any atom is 0.261 e. The van der Waals surface area contributed by atoms with Crippen molar-refractivity contribution in [2.45, 2.75) is 57.9 Å². The molecule has 0 radical (unpaired) electrons. The van der Waals surface area contributed by atoms with Crippen molar-refractivity contribution in [3.63, 3.8) is 0 Å². The Bertz CT molecular complexity index is 854. The van der Waals surface area contributed by atoms with Crippen LogP contribution in [0.3, 0.4) is 0 Å². The number of carbonyl (C=O) groups excluding carboxylic acids is 1. The second kappa shape index (κ2) is 6.46. The number of hydrogen-bond acceptors (Lipinski definition) is 5. The Kier molecular flexibility index (Phi) is 4.15. The van der Waals surface area contributed by atoms with Gasteiger partial charge in [0, 0.05) is 12.2 Å². The maximum absolute atomic E-state index is 13.1. The molecule has 1 saturated heterocycles. The third-order valence-corrected chi connectivity index (χ3v) is 5.16. The number of rotatable bonds is 2. The molecule has 2 aromatic rings. The molecule has 1 aliphatic heterocycles. The number of fused-ring (bicyclic) bond motifs is 1. The van der Waals surface area contributed by atoms with E-state index in [2.05, 4.69) is 15.1 Å². The number of amides is 1. The van der Waals surface area contributed by atoms with Crippen LogP contribution in [0.2, 0.25) is 0 Å². The summed E-state index contributed by atoms with van der Waals surface area (Å²) >= 11 is 0. The smallest absolute Gasteiger partial charge is 0.261 e. The second-order valence-electron chi connectivity index (χ2n) is 6.91. The molecule has 1 aliphatic carbocycles. The summed E-state index contributed by atoms with van der Waals surface area (Å²) < 4.78 is 5.30. The quantitative estimate of drug-likeness (QED) is 0.904. The number of pyridine rings is 1. The standard InChI is InChI=1S/C18H22N4O3/c1-11-19-17(25-21-11)15-8-4-5-9-22(15)18(24)13-10-12-6-2-3-7-14(12)20-16(13)23/h10,15H,2-9H2,1H3,(H,20,23)/t15-/m1/s1. The lowest BCUT2D eigenvalue weighted by atomic mass is 9.94. The van der Waals surface area contributed by atoms with Crippen molar-refractivity contribution in [1.82, 2.24) is 20.0 Å². The highest BCUT2D eigenvalue weighted by molar-refractivity contribution is 5.94. The highest BCUT2D eigenvalue weighted by Crippen LogP contribution is 2.31. The van der Waals surface area contributed by atoms with Gasteiger partial charge < -0.3 is 14.4 Å². The molecule has 2 aliphatic rings. The zero-order valence-electron chi connectivity index (χ0n) is 14.4. The van der Waals surface area contributed by atoms with E-state index in [-0.39, 0.29) is 23.1 Å². The van der Waals surface area contributed by atoms with Crippen LogP contribution >= 0.6 is 0 Å². The van der Waals surface area contributed by atoms with Crippen LogP contribution in [-0.4, -0.2) is 32.5 Å². The van der Waals surface area contributed by atoms with E-state index in [0.717, 1.165) is 56.2 Å². The number of piperidine rings is 1. The van der Waals surface area contributed by atoms with Crippen molar-refractivity contribution in [3.05, 3.63) is 45.0 Å². The van der Waals surface area contributed by atoms with Gasteiger partial charge in [-0.2, -0.15) is 4.98 Å². The molecular formula is C18H22N4O3. The molecule has 1 fully saturated rings. The highest BCUT2D eigenvalue weighted by atomic mass is 16.5. The fourth-order valence-electron chi connectivity index (χ4n) is 3.87. The van der Waals surface area contributed by atoms with E-state index in [1.807, 2.05) is 0 Å². The Morgan fingerprint density at radius 1 is 1.28 bits per heavy atom. The summed E-state index contributed by atoms with van der Waals surface area (Å²) in [6.45, 7) is 2.36. The zero-order chi connectivity index (χ0) is 17.4. The van der Waals surface area contributed by atoms with E-state index in [4.69, 9.17) is 4.52 Å². The SMILES string of the molecule is Cc1noc([C@H]2CCCCN2C(=O)c2cc3c([nH]c2=O)CCCC3)n1. The summed E-state index contributed by atoms with van der Waals surface area (Å²) in [5.41, 5.74) is 2.01. The Labute approximate surface area is 145 Å². The fourth-order valence-corrected chi connectivity index (χ4v) is 3.87. The van der Waals surface area contributed by atoms with E-state index in [9.17, 15) is 9.59 Å².